The molecule has 0 aliphatic carbocycles. The minimum atomic E-state index is -0.815. The van der Waals surface area contributed by atoms with Crippen LogP contribution in [0.2, 0.25) is 4.34 Å². The number of aliphatic hydroxyl groups excluding tert-OH is 1. The summed E-state index contributed by atoms with van der Waals surface area (Å²) in [7, 11) is 1.61. The first-order chi connectivity index (χ1) is 10.4. The summed E-state index contributed by atoms with van der Waals surface area (Å²) in [5.74, 6) is 0. The number of thiophene rings is 1. The number of aliphatic hydroxyl groups is 1. The van der Waals surface area contributed by atoms with Crippen LogP contribution in [0.25, 0.3) is 0 Å². The van der Waals surface area contributed by atoms with Gasteiger partial charge in [-0.3, -0.25) is 4.79 Å². The van der Waals surface area contributed by atoms with E-state index in [1.807, 2.05) is 0 Å². The lowest BCUT2D eigenvalue weighted by Gasteiger charge is -2.13. The molecule has 1 atom stereocenters. The van der Waals surface area contributed by atoms with Crippen molar-refractivity contribution in [3.63, 3.8) is 0 Å². The molecule has 2 aromatic heterocycles. The maximum Gasteiger partial charge on any atom is 0.319 e. The van der Waals surface area contributed by atoms with Gasteiger partial charge in [0.15, 0.2) is 0 Å². The third kappa shape index (κ3) is 4.09. The van der Waals surface area contributed by atoms with Gasteiger partial charge in [-0.2, -0.15) is 0 Å². The summed E-state index contributed by atoms with van der Waals surface area (Å²) in [5.41, 5.74) is 1.06. The van der Waals surface area contributed by atoms with Crippen LogP contribution in [0.15, 0.2) is 29.2 Å². The van der Waals surface area contributed by atoms with Gasteiger partial charge in [0.2, 0.25) is 0 Å². The largest absolute Gasteiger partial charge is 0.386 e. The number of hydrogen-bond donors (Lipinski definition) is 3. The fraction of sp³-hybridized carbons (Fsp3) is 0.286. The second kappa shape index (κ2) is 6.95. The van der Waals surface area contributed by atoms with Crippen LogP contribution in [0.5, 0.6) is 0 Å². The van der Waals surface area contributed by atoms with E-state index < -0.39 is 12.1 Å². The summed E-state index contributed by atoms with van der Waals surface area (Å²) in [6.07, 6.45) is 0.733. The molecule has 0 spiro atoms. The molecule has 3 N–H and O–H groups in total. The molecule has 2 heterocycles. The van der Waals surface area contributed by atoms with Crippen molar-refractivity contribution in [1.82, 2.24) is 9.88 Å². The zero-order valence-electron chi connectivity index (χ0n) is 12.1. The molecule has 8 heteroatoms. The van der Waals surface area contributed by atoms with E-state index in [0.29, 0.717) is 20.5 Å². The number of carbonyl (C=O) groups is 1. The number of nitrogens with one attached hydrogen (secondary N) is 2. The van der Waals surface area contributed by atoms with E-state index in [1.165, 1.54) is 22.0 Å². The van der Waals surface area contributed by atoms with E-state index in [4.69, 9.17) is 11.6 Å². The lowest BCUT2D eigenvalue weighted by molar-refractivity contribution is 0.178. The Bertz CT molecular complexity index is 741. The molecule has 0 aliphatic rings. The van der Waals surface area contributed by atoms with E-state index >= 15 is 0 Å². The van der Waals surface area contributed by atoms with E-state index in [2.05, 4.69) is 10.6 Å². The van der Waals surface area contributed by atoms with Gasteiger partial charge in [0.05, 0.1) is 16.6 Å². The van der Waals surface area contributed by atoms with Crippen molar-refractivity contribution >= 4 is 34.7 Å². The van der Waals surface area contributed by atoms with Crippen molar-refractivity contribution in [3.8, 4) is 0 Å². The van der Waals surface area contributed by atoms with Gasteiger partial charge >= 0.3 is 6.03 Å². The van der Waals surface area contributed by atoms with Crippen molar-refractivity contribution in [3.05, 3.63) is 49.5 Å². The minimum absolute atomic E-state index is 0.0630. The first kappa shape index (κ1) is 16.5. The monoisotopic (exact) mass is 341 g/mol. The number of aryl methyl sites for hydroxylation is 2. The van der Waals surface area contributed by atoms with Crippen LogP contribution in [-0.2, 0) is 7.05 Å². The molecule has 2 aromatic rings. The first-order valence-corrected chi connectivity index (χ1v) is 7.71. The second-order valence-electron chi connectivity index (χ2n) is 4.81. The third-order valence-corrected chi connectivity index (χ3v) is 4.39. The SMILES string of the molecule is Cc1cc(=O)n(C)cc1NC(=O)NCC(O)c1ccc(Cl)s1. The van der Waals surface area contributed by atoms with Crippen molar-refractivity contribution in [2.45, 2.75) is 13.0 Å². The third-order valence-electron chi connectivity index (χ3n) is 3.06. The number of aromatic nitrogens is 1. The van der Waals surface area contributed by atoms with Crippen LogP contribution in [0.4, 0.5) is 10.5 Å². The Labute approximate surface area is 136 Å². The Morgan fingerprint density at radius 1 is 1.50 bits per heavy atom. The number of amides is 2. The molecule has 6 nitrogen and oxygen atoms in total. The van der Waals surface area contributed by atoms with E-state index in [9.17, 15) is 14.7 Å². The summed E-state index contributed by atoms with van der Waals surface area (Å²) < 4.78 is 1.96. The zero-order chi connectivity index (χ0) is 16.3. The molecule has 0 radical (unpaired) electrons. The molecule has 2 amide bonds. The van der Waals surface area contributed by atoms with Crippen molar-refractivity contribution in [2.24, 2.45) is 7.05 Å². The average molecular weight is 342 g/mol. The van der Waals surface area contributed by atoms with E-state index in [0.717, 1.165) is 0 Å². The first-order valence-electron chi connectivity index (χ1n) is 6.52. The van der Waals surface area contributed by atoms with Crippen LogP contribution < -0.4 is 16.2 Å². The highest BCUT2D eigenvalue weighted by atomic mass is 35.5. The number of urea groups is 1. The predicted octanol–water partition coefficient (Wildman–Crippen LogP) is 2.26. The van der Waals surface area contributed by atoms with E-state index in [-0.39, 0.29) is 12.1 Å². The molecular formula is C14H16ClN3O3S. The Hall–Kier alpha value is -1.83. The van der Waals surface area contributed by atoms with Crippen LogP contribution in [0.1, 0.15) is 16.5 Å². The average Bonchev–Trinajstić information content (AvgIpc) is 2.89. The van der Waals surface area contributed by atoms with Crippen molar-refractivity contribution < 1.29 is 9.90 Å². The van der Waals surface area contributed by atoms with Crippen LogP contribution in [0, 0.1) is 6.92 Å². The number of anilines is 1. The number of hydrogen-bond acceptors (Lipinski definition) is 4. The Balaban J connectivity index is 1.93. The van der Waals surface area contributed by atoms with Crippen LogP contribution in [-0.4, -0.2) is 22.2 Å². The highest BCUT2D eigenvalue weighted by Gasteiger charge is 2.12. The van der Waals surface area contributed by atoms with Crippen LogP contribution in [0.3, 0.4) is 0 Å². The van der Waals surface area contributed by atoms with Gasteiger partial charge in [-0.1, -0.05) is 11.6 Å². The maximum atomic E-state index is 11.9. The molecule has 0 fully saturated rings. The van der Waals surface area contributed by atoms with Gasteiger partial charge < -0.3 is 20.3 Å². The summed E-state index contributed by atoms with van der Waals surface area (Å²) >= 11 is 7.06. The van der Waals surface area contributed by atoms with Crippen molar-refractivity contribution in [1.29, 1.82) is 0 Å². The van der Waals surface area contributed by atoms with Gasteiger partial charge in [-0.25, -0.2) is 4.79 Å². The van der Waals surface area contributed by atoms with Gasteiger partial charge in [0.25, 0.3) is 5.56 Å². The van der Waals surface area contributed by atoms with Crippen LogP contribution >= 0.6 is 22.9 Å². The quantitative estimate of drug-likeness (QED) is 0.797. The number of rotatable bonds is 4. The number of halogens is 1. The molecule has 1 unspecified atom stereocenters. The van der Waals surface area contributed by atoms with Crippen molar-refractivity contribution in [2.75, 3.05) is 11.9 Å². The summed E-state index contributed by atoms with van der Waals surface area (Å²) in [6.45, 7) is 1.80. The van der Waals surface area contributed by atoms with Gasteiger partial charge in [-0.15, -0.1) is 11.3 Å². The highest BCUT2D eigenvalue weighted by molar-refractivity contribution is 7.16. The Morgan fingerprint density at radius 3 is 2.86 bits per heavy atom. The fourth-order valence-corrected chi connectivity index (χ4v) is 2.87. The number of nitrogens with zero attached hydrogens (tertiary/aromatic N) is 1. The molecule has 0 saturated heterocycles. The van der Waals surface area contributed by atoms with Gasteiger partial charge in [-0.05, 0) is 24.6 Å². The molecule has 0 bridgehead atoms. The molecular weight excluding hydrogens is 326 g/mol. The van der Waals surface area contributed by atoms with E-state index in [1.54, 1.807) is 32.3 Å². The molecule has 0 aromatic carbocycles. The standard InChI is InChI=1S/C14H16ClN3O3S/c1-8-5-13(20)18(2)7-9(8)17-14(21)16-6-10(19)11-3-4-12(15)22-11/h3-5,7,10,19H,6H2,1-2H3,(H2,16,17,21). The minimum Gasteiger partial charge on any atom is -0.386 e. The highest BCUT2D eigenvalue weighted by Crippen LogP contribution is 2.26. The topological polar surface area (TPSA) is 83.4 Å². The Kier molecular flexibility index (Phi) is 5.23. The maximum absolute atomic E-state index is 11.9. The molecule has 0 aliphatic heterocycles. The lowest BCUT2D eigenvalue weighted by atomic mass is 10.2. The summed E-state index contributed by atoms with van der Waals surface area (Å²) in [6, 6.07) is 4.40. The molecule has 0 saturated carbocycles. The Morgan fingerprint density at radius 2 is 2.23 bits per heavy atom. The normalized spacial score (nSPS) is 12.0. The fourth-order valence-electron chi connectivity index (χ4n) is 1.82. The predicted molar refractivity (Wildman–Crippen MR) is 87.7 cm³/mol. The zero-order valence-corrected chi connectivity index (χ0v) is 13.7. The lowest BCUT2D eigenvalue weighted by Crippen LogP contribution is -2.33. The van der Waals surface area contributed by atoms with Gasteiger partial charge in [0, 0.05) is 24.2 Å². The summed E-state index contributed by atoms with van der Waals surface area (Å²) in [5, 5.41) is 15.2. The smallest absolute Gasteiger partial charge is 0.319 e. The molecule has 118 valence electrons. The number of carbonyl (C=O) groups excluding carboxylic acids is 1. The second-order valence-corrected chi connectivity index (χ2v) is 6.56. The molecule has 2 rings (SSSR count). The number of pyridine rings is 1. The summed E-state index contributed by atoms with van der Waals surface area (Å²) in [4.78, 5) is 24.0. The molecule has 22 heavy (non-hydrogen) atoms. The van der Waals surface area contributed by atoms with Gasteiger partial charge in [0.1, 0.15) is 6.10 Å².